The summed E-state index contributed by atoms with van der Waals surface area (Å²) in [6.07, 6.45) is 4.61. The molecule has 0 saturated heterocycles. The molecule has 3 heterocycles. The van der Waals surface area contributed by atoms with Gasteiger partial charge in [-0.25, -0.2) is 9.78 Å². The molecule has 0 radical (unpaired) electrons. The van der Waals surface area contributed by atoms with E-state index in [0.29, 0.717) is 12.3 Å². The molecular weight excluding hydrogens is 324 g/mol. The van der Waals surface area contributed by atoms with Crippen molar-refractivity contribution >= 4 is 27.4 Å². The molecule has 0 atom stereocenters. The van der Waals surface area contributed by atoms with Crippen molar-refractivity contribution in [2.24, 2.45) is 0 Å². The predicted molar refractivity (Wildman–Crippen MR) is 93.0 cm³/mol. The zero-order valence-corrected chi connectivity index (χ0v) is 14.1. The monoisotopic (exact) mass is 340 g/mol. The molecule has 0 N–H and O–H groups in total. The van der Waals surface area contributed by atoms with Gasteiger partial charge in [0.15, 0.2) is 11.9 Å². The highest BCUT2D eigenvalue weighted by Crippen LogP contribution is 2.39. The molecular formula is C18H16N2O3S. The van der Waals surface area contributed by atoms with Crippen LogP contribution in [0.4, 0.5) is 5.13 Å². The van der Waals surface area contributed by atoms with Gasteiger partial charge in [0.2, 0.25) is 0 Å². The molecule has 3 aromatic rings. The van der Waals surface area contributed by atoms with Crippen molar-refractivity contribution in [2.45, 2.75) is 32.7 Å². The van der Waals surface area contributed by atoms with Crippen molar-refractivity contribution < 1.29 is 9.15 Å². The zero-order chi connectivity index (χ0) is 16.3. The molecule has 0 fully saturated rings. The minimum Gasteiger partial charge on any atom is -0.472 e. The van der Waals surface area contributed by atoms with Gasteiger partial charge in [0.25, 0.3) is 0 Å². The Kier molecular flexibility index (Phi) is 2.97. The standard InChI is InChI=1S/C18H16N2O3S/c1-10-15-11(8-20(9-22-15)18-19-5-6-24-18)7-14-12-3-2-4-13(12)17(21)23-16(10)14/h5-7H,2-4,8-9H2,1H3. The maximum absolute atomic E-state index is 12.2. The van der Waals surface area contributed by atoms with Crippen LogP contribution >= 0.6 is 11.3 Å². The Hall–Kier alpha value is -2.34. The Balaban J connectivity index is 1.70. The zero-order valence-electron chi connectivity index (χ0n) is 13.3. The summed E-state index contributed by atoms with van der Waals surface area (Å²) in [6.45, 7) is 3.19. The molecule has 5 nitrogen and oxygen atoms in total. The molecule has 24 heavy (non-hydrogen) atoms. The third-order valence-corrected chi connectivity index (χ3v) is 5.77. The SMILES string of the molecule is Cc1c2c(cc3c4c(c(=O)oc13)CCC4)CN(c1nccs1)CO2. The molecule has 0 spiro atoms. The van der Waals surface area contributed by atoms with Crippen LogP contribution in [0.5, 0.6) is 5.75 Å². The predicted octanol–water partition coefficient (Wildman–Crippen LogP) is 3.40. The lowest BCUT2D eigenvalue weighted by molar-refractivity contribution is 0.287. The Morgan fingerprint density at radius 2 is 2.17 bits per heavy atom. The Bertz CT molecular complexity index is 1010. The van der Waals surface area contributed by atoms with E-state index in [2.05, 4.69) is 16.0 Å². The maximum atomic E-state index is 12.2. The first-order valence-electron chi connectivity index (χ1n) is 8.10. The van der Waals surface area contributed by atoms with Gasteiger partial charge in [0, 0.05) is 33.7 Å². The fourth-order valence-electron chi connectivity index (χ4n) is 3.83. The van der Waals surface area contributed by atoms with Gasteiger partial charge in [-0.2, -0.15) is 0 Å². The van der Waals surface area contributed by atoms with Crippen LogP contribution in [-0.4, -0.2) is 11.7 Å². The lowest BCUT2D eigenvalue weighted by atomic mass is 9.99. The number of fused-ring (bicyclic) bond motifs is 4. The van der Waals surface area contributed by atoms with Gasteiger partial charge >= 0.3 is 5.63 Å². The van der Waals surface area contributed by atoms with E-state index in [1.807, 2.05) is 18.5 Å². The maximum Gasteiger partial charge on any atom is 0.339 e. The van der Waals surface area contributed by atoms with Crippen LogP contribution in [0.15, 0.2) is 26.9 Å². The summed E-state index contributed by atoms with van der Waals surface area (Å²) in [5.41, 5.74) is 4.58. The van der Waals surface area contributed by atoms with Crippen LogP contribution in [0.1, 0.15) is 28.7 Å². The van der Waals surface area contributed by atoms with Crippen LogP contribution in [0.2, 0.25) is 0 Å². The number of aryl methyl sites for hydroxylation is 2. The quantitative estimate of drug-likeness (QED) is 0.636. The second-order valence-electron chi connectivity index (χ2n) is 6.35. The lowest BCUT2D eigenvalue weighted by Crippen LogP contribution is -2.32. The Morgan fingerprint density at radius 3 is 3.00 bits per heavy atom. The van der Waals surface area contributed by atoms with Gasteiger partial charge in [-0.3, -0.25) is 0 Å². The van der Waals surface area contributed by atoms with E-state index in [4.69, 9.17) is 9.15 Å². The third kappa shape index (κ3) is 1.92. The van der Waals surface area contributed by atoms with E-state index in [9.17, 15) is 4.79 Å². The molecule has 1 aliphatic carbocycles. The number of ether oxygens (including phenoxy) is 1. The fourth-order valence-corrected chi connectivity index (χ4v) is 4.47. The summed E-state index contributed by atoms with van der Waals surface area (Å²) in [5.74, 6) is 0.844. The number of aromatic nitrogens is 1. The molecule has 6 heteroatoms. The van der Waals surface area contributed by atoms with Gasteiger partial charge in [-0.1, -0.05) is 0 Å². The number of anilines is 1. The van der Waals surface area contributed by atoms with Crippen LogP contribution in [0.3, 0.4) is 0 Å². The second-order valence-corrected chi connectivity index (χ2v) is 7.23. The molecule has 122 valence electrons. The molecule has 0 saturated carbocycles. The minimum atomic E-state index is -0.182. The third-order valence-electron chi connectivity index (χ3n) is 4.94. The van der Waals surface area contributed by atoms with Gasteiger partial charge in [-0.15, -0.1) is 11.3 Å². The van der Waals surface area contributed by atoms with E-state index >= 15 is 0 Å². The topological polar surface area (TPSA) is 55.6 Å². The van der Waals surface area contributed by atoms with Crippen molar-refractivity contribution in [3.8, 4) is 5.75 Å². The number of rotatable bonds is 1. The van der Waals surface area contributed by atoms with Crippen molar-refractivity contribution in [2.75, 3.05) is 11.6 Å². The van der Waals surface area contributed by atoms with E-state index in [-0.39, 0.29) is 5.63 Å². The summed E-state index contributed by atoms with van der Waals surface area (Å²) in [6, 6.07) is 2.14. The van der Waals surface area contributed by atoms with Gasteiger partial charge in [-0.05, 0) is 37.8 Å². The lowest BCUT2D eigenvalue weighted by Gasteiger charge is -2.30. The normalized spacial score (nSPS) is 16.1. The number of thiazole rings is 1. The Labute approximate surface area is 142 Å². The average Bonchev–Trinajstić information content (AvgIpc) is 3.28. The van der Waals surface area contributed by atoms with Crippen molar-refractivity contribution in [3.05, 3.63) is 50.3 Å². The van der Waals surface area contributed by atoms with E-state index < -0.39 is 0 Å². The number of hydrogen-bond donors (Lipinski definition) is 0. The second kappa shape index (κ2) is 5.08. The van der Waals surface area contributed by atoms with Gasteiger partial charge in [0.05, 0.1) is 6.54 Å². The fraction of sp³-hybridized carbons (Fsp3) is 0.333. The minimum absolute atomic E-state index is 0.182. The number of hydrogen-bond acceptors (Lipinski definition) is 6. The molecule has 2 aliphatic rings. The van der Waals surface area contributed by atoms with Crippen molar-refractivity contribution in [3.63, 3.8) is 0 Å². The smallest absolute Gasteiger partial charge is 0.339 e. The van der Waals surface area contributed by atoms with Crippen molar-refractivity contribution in [1.29, 1.82) is 0 Å². The van der Waals surface area contributed by atoms with Crippen LogP contribution < -0.4 is 15.3 Å². The average molecular weight is 340 g/mol. The summed E-state index contributed by atoms with van der Waals surface area (Å²) in [5, 5.41) is 4.00. The molecule has 1 aliphatic heterocycles. The summed E-state index contributed by atoms with van der Waals surface area (Å²) < 4.78 is 11.6. The number of nitrogens with zero attached hydrogens (tertiary/aromatic N) is 2. The molecule has 0 amide bonds. The summed E-state index contributed by atoms with van der Waals surface area (Å²) >= 11 is 1.61. The highest BCUT2D eigenvalue weighted by Gasteiger charge is 2.26. The van der Waals surface area contributed by atoms with Crippen LogP contribution in [0.25, 0.3) is 11.0 Å². The van der Waals surface area contributed by atoms with Gasteiger partial charge < -0.3 is 14.1 Å². The van der Waals surface area contributed by atoms with E-state index in [1.165, 1.54) is 5.56 Å². The van der Waals surface area contributed by atoms with Crippen molar-refractivity contribution in [1.82, 2.24) is 4.98 Å². The highest BCUT2D eigenvalue weighted by atomic mass is 32.1. The van der Waals surface area contributed by atoms with Crippen LogP contribution in [0, 0.1) is 6.92 Å². The first-order valence-corrected chi connectivity index (χ1v) is 8.98. The summed E-state index contributed by atoms with van der Waals surface area (Å²) in [7, 11) is 0. The molecule has 0 bridgehead atoms. The van der Waals surface area contributed by atoms with Crippen LogP contribution in [-0.2, 0) is 19.4 Å². The first-order chi connectivity index (χ1) is 11.7. The summed E-state index contributed by atoms with van der Waals surface area (Å²) in [4.78, 5) is 18.7. The largest absolute Gasteiger partial charge is 0.472 e. The molecule has 2 aromatic heterocycles. The number of benzene rings is 1. The molecule has 1 aromatic carbocycles. The highest BCUT2D eigenvalue weighted by molar-refractivity contribution is 7.13. The van der Waals surface area contributed by atoms with E-state index in [1.54, 1.807) is 11.3 Å². The van der Waals surface area contributed by atoms with Gasteiger partial charge in [0.1, 0.15) is 11.3 Å². The molecule has 5 rings (SSSR count). The van der Waals surface area contributed by atoms with E-state index in [0.717, 1.165) is 58.8 Å². The Morgan fingerprint density at radius 1 is 1.29 bits per heavy atom. The first kappa shape index (κ1) is 14.0. The molecule has 0 unspecified atom stereocenters.